The van der Waals surface area contributed by atoms with Crippen LogP contribution in [-0.4, -0.2) is 41.9 Å². The number of carbonyl (C=O) groups is 3. The molecule has 1 aliphatic heterocycles. The van der Waals surface area contributed by atoms with E-state index in [1.54, 1.807) is 6.07 Å². The van der Waals surface area contributed by atoms with Gasteiger partial charge in [0.25, 0.3) is 5.91 Å². The van der Waals surface area contributed by atoms with E-state index < -0.39 is 12.1 Å². The van der Waals surface area contributed by atoms with E-state index in [2.05, 4.69) is 10.6 Å². The Hall–Kier alpha value is -2.57. The minimum Gasteiger partial charge on any atom is -0.352 e. The molecule has 7 heteroatoms. The second kappa shape index (κ2) is 10.5. The van der Waals surface area contributed by atoms with Gasteiger partial charge in [0.2, 0.25) is 5.91 Å². The summed E-state index contributed by atoms with van der Waals surface area (Å²) in [6, 6.07) is 5.98. The van der Waals surface area contributed by atoms with E-state index in [1.165, 1.54) is 6.42 Å². The quantitative estimate of drug-likeness (QED) is 0.649. The summed E-state index contributed by atoms with van der Waals surface area (Å²) in [6.45, 7) is 3.92. The molecule has 1 aliphatic rings. The number of piperidine rings is 1. The number of urea groups is 1. The molecule has 1 saturated heterocycles. The molecule has 1 aromatic carbocycles. The van der Waals surface area contributed by atoms with Crippen LogP contribution in [0, 0.1) is 0 Å². The normalized spacial score (nSPS) is 15.1. The lowest BCUT2D eigenvalue weighted by molar-refractivity contribution is -0.123. The first-order valence-electron chi connectivity index (χ1n) is 9.73. The Morgan fingerprint density at radius 3 is 2.59 bits per heavy atom. The van der Waals surface area contributed by atoms with Gasteiger partial charge in [0.05, 0.1) is 0 Å². The molecule has 148 valence electrons. The first-order chi connectivity index (χ1) is 13.0. The lowest BCUT2D eigenvalue weighted by Gasteiger charge is -2.26. The van der Waals surface area contributed by atoms with Crippen molar-refractivity contribution in [3.63, 3.8) is 0 Å². The first-order valence-corrected chi connectivity index (χ1v) is 9.73. The number of nitrogens with one attached hydrogen (secondary N) is 2. The van der Waals surface area contributed by atoms with Crippen LogP contribution in [0.4, 0.5) is 4.79 Å². The van der Waals surface area contributed by atoms with Crippen molar-refractivity contribution in [1.82, 2.24) is 15.5 Å². The van der Waals surface area contributed by atoms with Gasteiger partial charge in [-0.05, 0) is 43.4 Å². The smallest absolute Gasteiger partial charge is 0.312 e. The molecule has 0 spiro atoms. The molecule has 1 unspecified atom stereocenters. The third-order valence-corrected chi connectivity index (χ3v) is 4.76. The summed E-state index contributed by atoms with van der Waals surface area (Å²) in [5.41, 5.74) is 6.65. The Kier molecular flexibility index (Phi) is 8.10. The topological polar surface area (TPSA) is 105 Å². The molecule has 0 aromatic heterocycles. The first kappa shape index (κ1) is 20.7. The predicted octanol–water partition coefficient (Wildman–Crippen LogP) is 2.16. The van der Waals surface area contributed by atoms with Gasteiger partial charge in [-0.2, -0.15) is 0 Å². The molecule has 0 aliphatic carbocycles. The second-order valence-electron chi connectivity index (χ2n) is 6.97. The van der Waals surface area contributed by atoms with Gasteiger partial charge in [0, 0.05) is 25.2 Å². The number of nitrogens with two attached hydrogens (primary N) is 1. The number of nitrogens with zero attached hydrogens (tertiary/aromatic N) is 1. The molecule has 2 rings (SSSR count). The second-order valence-corrected chi connectivity index (χ2v) is 6.97. The number of carbonyl (C=O) groups excluding carboxylic acids is 3. The third kappa shape index (κ3) is 6.58. The average molecular weight is 374 g/mol. The van der Waals surface area contributed by atoms with Crippen LogP contribution in [-0.2, 0) is 11.3 Å². The lowest BCUT2D eigenvalue weighted by Crippen LogP contribution is -2.48. The number of hydrogen-bond donors (Lipinski definition) is 3. The monoisotopic (exact) mass is 374 g/mol. The SMILES string of the molecule is CCCCC(NC(N)=O)C(=O)NCc1cccc(C(=O)N2CCCCC2)c1. The summed E-state index contributed by atoms with van der Waals surface area (Å²) in [6.07, 6.45) is 5.55. The van der Waals surface area contributed by atoms with Crippen LogP contribution in [0.25, 0.3) is 0 Å². The number of benzene rings is 1. The largest absolute Gasteiger partial charge is 0.352 e. The Labute approximate surface area is 160 Å². The molecule has 1 heterocycles. The van der Waals surface area contributed by atoms with Gasteiger partial charge in [-0.15, -0.1) is 0 Å². The van der Waals surface area contributed by atoms with E-state index >= 15 is 0 Å². The Morgan fingerprint density at radius 2 is 1.93 bits per heavy atom. The van der Waals surface area contributed by atoms with Crippen molar-refractivity contribution in [1.29, 1.82) is 0 Å². The fourth-order valence-electron chi connectivity index (χ4n) is 3.26. The maximum absolute atomic E-state index is 12.6. The average Bonchev–Trinajstić information content (AvgIpc) is 2.69. The molecule has 27 heavy (non-hydrogen) atoms. The molecule has 4 amide bonds. The number of primary amides is 1. The minimum absolute atomic E-state index is 0.0408. The third-order valence-electron chi connectivity index (χ3n) is 4.76. The van der Waals surface area contributed by atoms with Gasteiger partial charge in [-0.1, -0.05) is 31.9 Å². The highest BCUT2D eigenvalue weighted by molar-refractivity contribution is 5.94. The molecular weight excluding hydrogens is 344 g/mol. The van der Waals surface area contributed by atoms with Crippen molar-refractivity contribution in [2.24, 2.45) is 5.73 Å². The molecule has 1 fully saturated rings. The maximum atomic E-state index is 12.6. The minimum atomic E-state index is -0.708. The summed E-state index contributed by atoms with van der Waals surface area (Å²) in [5.74, 6) is -0.228. The van der Waals surface area contributed by atoms with E-state index in [1.807, 2.05) is 30.0 Å². The van der Waals surface area contributed by atoms with E-state index in [0.29, 0.717) is 18.5 Å². The van der Waals surface area contributed by atoms with E-state index in [-0.39, 0.29) is 11.8 Å². The van der Waals surface area contributed by atoms with Crippen molar-refractivity contribution < 1.29 is 14.4 Å². The zero-order valence-electron chi connectivity index (χ0n) is 16.0. The highest BCUT2D eigenvalue weighted by atomic mass is 16.2. The number of hydrogen-bond acceptors (Lipinski definition) is 3. The molecule has 1 aromatic rings. The zero-order chi connectivity index (χ0) is 19.6. The van der Waals surface area contributed by atoms with Crippen LogP contribution in [0.2, 0.25) is 0 Å². The summed E-state index contributed by atoms with van der Waals surface area (Å²) in [7, 11) is 0. The fraction of sp³-hybridized carbons (Fsp3) is 0.550. The summed E-state index contributed by atoms with van der Waals surface area (Å²) >= 11 is 0. The number of likely N-dealkylation sites (tertiary alicyclic amines) is 1. The van der Waals surface area contributed by atoms with Crippen molar-refractivity contribution in [2.75, 3.05) is 13.1 Å². The summed E-state index contributed by atoms with van der Waals surface area (Å²) in [4.78, 5) is 38.0. The van der Waals surface area contributed by atoms with Crippen molar-refractivity contribution in [3.8, 4) is 0 Å². The lowest BCUT2D eigenvalue weighted by atomic mass is 10.1. The number of amides is 4. The van der Waals surface area contributed by atoms with Crippen molar-refractivity contribution in [2.45, 2.75) is 58.0 Å². The van der Waals surface area contributed by atoms with Gasteiger partial charge in [-0.25, -0.2) is 4.79 Å². The number of rotatable bonds is 8. The van der Waals surface area contributed by atoms with Gasteiger partial charge in [-0.3, -0.25) is 9.59 Å². The van der Waals surface area contributed by atoms with Gasteiger partial charge in [0.1, 0.15) is 6.04 Å². The van der Waals surface area contributed by atoms with Crippen LogP contribution >= 0.6 is 0 Å². The highest BCUT2D eigenvalue weighted by Crippen LogP contribution is 2.14. The Morgan fingerprint density at radius 1 is 1.19 bits per heavy atom. The maximum Gasteiger partial charge on any atom is 0.312 e. The fourth-order valence-corrected chi connectivity index (χ4v) is 3.26. The molecule has 0 radical (unpaired) electrons. The molecule has 0 bridgehead atoms. The molecule has 0 saturated carbocycles. The molecule has 7 nitrogen and oxygen atoms in total. The van der Waals surface area contributed by atoms with Crippen LogP contribution in [0.3, 0.4) is 0 Å². The van der Waals surface area contributed by atoms with E-state index in [9.17, 15) is 14.4 Å². The van der Waals surface area contributed by atoms with Crippen LogP contribution in [0.15, 0.2) is 24.3 Å². The molecule has 4 N–H and O–H groups in total. The van der Waals surface area contributed by atoms with Crippen molar-refractivity contribution >= 4 is 17.8 Å². The summed E-state index contributed by atoms with van der Waals surface area (Å²) in [5, 5.41) is 5.31. The van der Waals surface area contributed by atoms with Gasteiger partial charge in [0.15, 0.2) is 0 Å². The van der Waals surface area contributed by atoms with Crippen LogP contribution < -0.4 is 16.4 Å². The highest BCUT2D eigenvalue weighted by Gasteiger charge is 2.20. The Bertz CT molecular complexity index is 656. The molecular formula is C20H30N4O3. The van der Waals surface area contributed by atoms with Crippen LogP contribution in [0.1, 0.15) is 61.4 Å². The standard InChI is InChI=1S/C20H30N4O3/c1-2-3-10-17(23-20(21)27)18(25)22-14-15-8-7-9-16(13-15)19(26)24-11-5-4-6-12-24/h7-9,13,17H,2-6,10-12,14H2,1H3,(H,22,25)(H3,21,23,27). The number of unbranched alkanes of at least 4 members (excludes halogenated alkanes) is 1. The van der Waals surface area contributed by atoms with Gasteiger partial charge < -0.3 is 21.3 Å². The summed E-state index contributed by atoms with van der Waals surface area (Å²) < 4.78 is 0. The predicted molar refractivity (Wildman–Crippen MR) is 104 cm³/mol. The zero-order valence-corrected chi connectivity index (χ0v) is 16.0. The molecule has 1 atom stereocenters. The van der Waals surface area contributed by atoms with Crippen molar-refractivity contribution in [3.05, 3.63) is 35.4 Å². The van der Waals surface area contributed by atoms with E-state index in [4.69, 9.17) is 5.73 Å². The van der Waals surface area contributed by atoms with Gasteiger partial charge >= 0.3 is 6.03 Å². The Balaban J connectivity index is 1.95. The van der Waals surface area contributed by atoms with E-state index in [0.717, 1.165) is 44.3 Å². The van der Waals surface area contributed by atoms with Crippen LogP contribution in [0.5, 0.6) is 0 Å².